The molecule has 1 saturated heterocycles. The van der Waals surface area contributed by atoms with E-state index in [0.29, 0.717) is 53.6 Å². The Kier molecular flexibility index (Phi) is 6.82. The molecule has 196 valence electrons. The second-order valence-corrected chi connectivity index (χ2v) is 8.95. The van der Waals surface area contributed by atoms with Crippen LogP contribution in [-0.2, 0) is 9.59 Å². The fraction of sp³-hybridized carbons (Fsp3) is 0.296. The van der Waals surface area contributed by atoms with Crippen molar-refractivity contribution >= 4 is 23.1 Å². The topological polar surface area (TPSA) is 137 Å². The summed E-state index contributed by atoms with van der Waals surface area (Å²) in [7, 11) is 1.57. The number of carbonyl (C=O) groups excluding carboxylic acids is 1. The summed E-state index contributed by atoms with van der Waals surface area (Å²) in [6.45, 7) is 3.89. The molecule has 2 aromatic carbocycles. The molecule has 1 amide bonds. The van der Waals surface area contributed by atoms with Gasteiger partial charge < -0.3 is 28.6 Å². The van der Waals surface area contributed by atoms with Crippen LogP contribution in [0.5, 0.6) is 23.3 Å². The zero-order chi connectivity index (χ0) is 26.8. The maximum atomic E-state index is 12.6. The highest BCUT2D eigenvalue weighted by Crippen LogP contribution is 2.32. The van der Waals surface area contributed by atoms with Gasteiger partial charge in [0.15, 0.2) is 6.61 Å². The van der Waals surface area contributed by atoms with Gasteiger partial charge in [-0.3, -0.25) is 4.79 Å². The van der Waals surface area contributed by atoms with Crippen LogP contribution in [0, 0.1) is 13.8 Å². The fourth-order valence-corrected chi connectivity index (χ4v) is 4.50. The number of rotatable bonds is 8. The van der Waals surface area contributed by atoms with Gasteiger partial charge in [0.2, 0.25) is 5.89 Å². The third-order valence-corrected chi connectivity index (χ3v) is 6.28. The Morgan fingerprint density at radius 1 is 1.13 bits per heavy atom. The van der Waals surface area contributed by atoms with Crippen LogP contribution in [0.3, 0.4) is 0 Å². The number of nitrogens with zero attached hydrogens (tertiary/aromatic N) is 4. The van der Waals surface area contributed by atoms with Crippen LogP contribution in [0.25, 0.3) is 22.7 Å². The number of hydrogen-bond donors (Lipinski definition) is 1. The van der Waals surface area contributed by atoms with Crippen LogP contribution in [0.4, 0.5) is 0 Å². The second kappa shape index (κ2) is 10.4. The summed E-state index contributed by atoms with van der Waals surface area (Å²) in [6.07, 6.45) is 2.65. The number of aryl methyl sites for hydroxylation is 2. The van der Waals surface area contributed by atoms with E-state index in [1.807, 2.05) is 26.0 Å². The predicted molar refractivity (Wildman–Crippen MR) is 135 cm³/mol. The Bertz CT molecular complexity index is 1490. The van der Waals surface area contributed by atoms with E-state index in [4.69, 9.17) is 18.6 Å². The summed E-state index contributed by atoms with van der Waals surface area (Å²) < 4.78 is 22.7. The van der Waals surface area contributed by atoms with Crippen molar-refractivity contribution < 1.29 is 33.3 Å². The van der Waals surface area contributed by atoms with Crippen molar-refractivity contribution in [2.45, 2.75) is 32.7 Å². The maximum Gasteiger partial charge on any atom is 0.326 e. The molecular formula is C27H26N4O7. The molecule has 1 aliphatic rings. The first-order chi connectivity index (χ1) is 18.3. The first kappa shape index (κ1) is 25.0. The molecule has 0 aliphatic carbocycles. The van der Waals surface area contributed by atoms with Crippen molar-refractivity contribution in [3.63, 3.8) is 0 Å². The number of ether oxygens (including phenoxy) is 3. The van der Waals surface area contributed by atoms with E-state index < -0.39 is 12.0 Å². The zero-order valence-electron chi connectivity index (χ0n) is 21.1. The van der Waals surface area contributed by atoms with Crippen LogP contribution >= 0.6 is 0 Å². The maximum absolute atomic E-state index is 12.6. The average Bonchev–Trinajstić information content (AvgIpc) is 3.56. The molecule has 5 rings (SSSR count). The molecule has 38 heavy (non-hydrogen) atoms. The van der Waals surface area contributed by atoms with Crippen molar-refractivity contribution in [3.8, 4) is 34.7 Å². The summed E-state index contributed by atoms with van der Waals surface area (Å²) in [5.74, 6) is 0.735. The number of likely N-dealkylation sites (tertiary alicyclic amines) is 1. The minimum Gasteiger partial charge on any atom is -0.497 e. The van der Waals surface area contributed by atoms with Gasteiger partial charge in [0.05, 0.1) is 13.3 Å². The number of hydrogen-bond acceptors (Lipinski definition) is 9. The van der Waals surface area contributed by atoms with Crippen LogP contribution in [0.1, 0.15) is 24.0 Å². The molecule has 1 aliphatic heterocycles. The molecule has 2 aromatic heterocycles. The normalized spacial score (nSPS) is 15.0. The number of benzene rings is 2. The highest BCUT2D eigenvalue weighted by molar-refractivity contribution is 5.85. The number of amides is 1. The van der Waals surface area contributed by atoms with Gasteiger partial charge in [-0.25, -0.2) is 14.8 Å². The second-order valence-electron chi connectivity index (χ2n) is 8.95. The number of carboxylic acid groups (broad SMARTS) is 1. The summed E-state index contributed by atoms with van der Waals surface area (Å²) in [4.78, 5) is 38.4. The Hall–Kier alpha value is -4.67. The zero-order valence-corrected chi connectivity index (χ0v) is 21.1. The number of carbonyl (C=O) groups is 2. The number of aliphatic carboxylic acids is 1. The van der Waals surface area contributed by atoms with Crippen molar-refractivity contribution in [1.82, 2.24) is 19.9 Å². The van der Waals surface area contributed by atoms with E-state index in [2.05, 4.69) is 15.0 Å². The molecular weight excluding hydrogens is 492 g/mol. The smallest absolute Gasteiger partial charge is 0.326 e. The molecule has 4 aromatic rings. The van der Waals surface area contributed by atoms with E-state index in [1.54, 1.807) is 31.4 Å². The monoisotopic (exact) mass is 518 g/mol. The van der Waals surface area contributed by atoms with Gasteiger partial charge >= 0.3 is 12.0 Å². The third-order valence-electron chi connectivity index (χ3n) is 6.28. The van der Waals surface area contributed by atoms with E-state index in [1.165, 1.54) is 11.1 Å². The third kappa shape index (κ3) is 5.08. The number of methoxy groups -OCH3 is 1. The van der Waals surface area contributed by atoms with Crippen molar-refractivity contribution in [1.29, 1.82) is 0 Å². The van der Waals surface area contributed by atoms with Crippen LogP contribution in [0.2, 0.25) is 0 Å². The van der Waals surface area contributed by atoms with E-state index in [-0.39, 0.29) is 24.2 Å². The minimum atomic E-state index is -0.991. The van der Waals surface area contributed by atoms with E-state index in [9.17, 15) is 14.7 Å². The predicted octanol–water partition coefficient (Wildman–Crippen LogP) is 4.16. The van der Waals surface area contributed by atoms with Crippen molar-refractivity contribution in [2.24, 2.45) is 0 Å². The van der Waals surface area contributed by atoms with Crippen molar-refractivity contribution in [3.05, 3.63) is 53.7 Å². The lowest BCUT2D eigenvalue weighted by molar-refractivity contribution is -0.149. The summed E-state index contributed by atoms with van der Waals surface area (Å²) in [5, 5.41) is 9.33. The lowest BCUT2D eigenvalue weighted by Crippen LogP contribution is -2.42. The number of fused-ring (bicyclic) bond motifs is 1. The number of carboxylic acids is 1. The van der Waals surface area contributed by atoms with Gasteiger partial charge in [-0.15, -0.1) is 0 Å². The minimum absolute atomic E-state index is 0.109. The number of oxazole rings is 1. The molecule has 11 nitrogen and oxygen atoms in total. The van der Waals surface area contributed by atoms with Gasteiger partial charge in [0, 0.05) is 18.2 Å². The molecule has 0 spiro atoms. The van der Waals surface area contributed by atoms with E-state index >= 15 is 0 Å². The summed E-state index contributed by atoms with van der Waals surface area (Å²) in [6, 6.07) is 10.1. The SMILES string of the molecule is COc1cccc(Oc2ncc3nc(-c4cc(C)c(OCC(=O)N5CCC[C@H]5C(=O)O)c(C)c4)oc3n2)c1. The quantitative estimate of drug-likeness (QED) is 0.362. The largest absolute Gasteiger partial charge is 0.497 e. The highest BCUT2D eigenvalue weighted by atomic mass is 16.5. The number of aromatic nitrogens is 3. The molecule has 1 fully saturated rings. The van der Waals surface area contributed by atoms with Gasteiger partial charge in [0.1, 0.15) is 28.8 Å². The van der Waals surface area contributed by atoms with Gasteiger partial charge in [-0.2, -0.15) is 4.98 Å². The molecule has 0 saturated carbocycles. The van der Waals surface area contributed by atoms with Gasteiger partial charge in [-0.05, 0) is 62.1 Å². The fourth-order valence-electron chi connectivity index (χ4n) is 4.50. The Morgan fingerprint density at radius 2 is 1.89 bits per heavy atom. The highest BCUT2D eigenvalue weighted by Gasteiger charge is 2.34. The molecule has 0 radical (unpaired) electrons. The lowest BCUT2D eigenvalue weighted by Gasteiger charge is -2.22. The van der Waals surface area contributed by atoms with E-state index in [0.717, 1.165) is 11.1 Å². The van der Waals surface area contributed by atoms with Crippen LogP contribution in [-0.4, -0.2) is 63.1 Å². The summed E-state index contributed by atoms with van der Waals surface area (Å²) >= 11 is 0. The lowest BCUT2D eigenvalue weighted by atomic mass is 10.1. The average molecular weight is 519 g/mol. The Labute approximate surface area is 218 Å². The standard InChI is InChI=1S/C27H26N4O7/c1-15-10-17(11-16(2)23(15)36-14-22(32)31-9-5-8-21(31)26(33)34)24-29-20-13-28-27(30-25(20)38-24)37-19-7-4-6-18(12-19)35-3/h4,6-7,10-13,21H,5,8-9,14H2,1-3H3,(H,33,34)/t21-/m0/s1. The summed E-state index contributed by atoms with van der Waals surface area (Å²) in [5.41, 5.74) is 3.00. The Morgan fingerprint density at radius 3 is 2.63 bits per heavy atom. The molecule has 3 heterocycles. The first-order valence-electron chi connectivity index (χ1n) is 12.0. The van der Waals surface area contributed by atoms with Gasteiger partial charge in [-0.1, -0.05) is 6.07 Å². The Balaban J connectivity index is 1.32. The molecule has 0 unspecified atom stereocenters. The van der Waals surface area contributed by atoms with Crippen LogP contribution in [0.15, 0.2) is 47.0 Å². The van der Waals surface area contributed by atoms with Crippen LogP contribution < -0.4 is 14.2 Å². The molecule has 0 bridgehead atoms. The van der Waals surface area contributed by atoms with Gasteiger partial charge in [0.25, 0.3) is 11.6 Å². The molecule has 1 N–H and O–H groups in total. The van der Waals surface area contributed by atoms with Crippen molar-refractivity contribution in [2.75, 3.05) is 20.3 Å². The first-order valence-corrected chi connectivity index (χ1v) is 12.0. The molecule has 1 atom stereocenters. The molecule has 11 heteroatoms.